The van der Waals surface area contributed by atoms with Gasteiger partial charge >= 0.3 is 41.5 Å². The zero-order valence-corrected chi connectivity index (χ0v) is 40.5. The third-order valence-corrected chi connectivity index (χ3v) is 11.9. The fraction of sp³-hybridized carbons (Fsp3) is 0.956. The number of hydrogen-bond donors (Lipinski definition) is 3. The summed E-state index contributed by atoms with van der Waals surface area (Å²) in [6.07, 6.45) is 26.8. The molecule has 1 heterocycles. The van der Waals surface area contributed by atoms with Crippen LogP contribution >= 0.6 is 0 Å². The van der Waals surface area contributed by atoms with Gasteiger partial charge in [-0.2, -0.15) is 0 Å². The van der Waals surface area contributed by atoms with E-state index < -0.39 is 71.2 Å². The summed E-state index contributed by atoms with van der Waals surface area (Å²) >= 11 is 0. The zero-order chi connectivity index (χ0) is 42.7. The van der Waals surface area contributed by atoms with Crippen LogP contribution in [0.3, 0.4) is 0 Å². The van der Waals surface area contributed by atoms with Crippen LogP contribution < -0.4 is 29.6 Å². The Morgan fingerprint density at radius 3 is 1.27 bits per heavy atom. The number of aliphatic hydroxyl groups is 3. The molecule has 0 spiro atoms. The molecule has 0 aromatic heterocycles. The molecule has 0 aliphatic carbocycles. The van der Waals surface area contributed by atoms with Gasteiger partial charge in [0.25, 0.3) is 0 Å². The molecule has 1 saturated heterocycles. The van der Waals surface area contributed by atoms with Crippen molar-refractivity contribution in [2.45, 2.75) is 256 Å². The molecule has 12 nitrogen and oxygen atoms in total. The van der Waals surface area contributed by atoms with Crippen LogP contribution in [0.15, 0.2) is 0 Å². The van der Waals surface area contributed by atoms with Gasteiger partial charge in [-0.1, -0.05) is 194 Å². The number of hydrogen-bond acceptors (Lipinski definition) is 12. The molecule has 6 unspecified atom stereocenters. The molecular weight excluding hydrogens is 788 g/mol. The maximum atomic E-state index is 12.8. The van der Waals surface area contributed by atoms with Gasteiger partial charge in [0.05, 0.1) is 22.5 Å². The summed E-state index contributed by atoms with van der Waals surface area (Å²) in [6.45, 7) is 3.76. The van der Waals surface area contributed by atoms with Crippen LogP contribution in [0.5, 0.6) is 0 Å². The quantitative estimate of drug-likeness (QED) is 0.0269. The molecule has 1 aliphatic rings. The van der Waals surface area contributed by atoms with Crippen molar-refractivity contribution in [3.8, 4) is 0 Å². The number of carbonyl (C=O) groups is 2. The van der Waals surface area contributed by atoms with Crippen molar-refractivity contribution in [3.63, 3.8) is 0 Å². The number of rotatable bonds is 40. The summed E-state index contributed by atoms with van der Waals surface area (Å²) in [4.78, 5) is 25.4. The van der Waals surface area contributed by atoms with Crippen molar-refractivity contribution in [1.82, 2.24) is 0 Å². The van der Waals surface area contributed by atoms with Gasteiger partial charge in [0, 0.05) is 12.8 Å². The number of aliphatic hydroxyl groups excluding tert-OH is 3. The Bertz CT molecular complexity index is 1100. The van der Waals surface area contributed by atoms with Crippen molar-refractivity contribution in [1.29, 1.82) is 0 Å². The minimum absolute atomic E-state index is 0. The molecule has 59 heavy (non-hydrogen) atoms. The first-order chi connectivity index (χ1) is 28.0. The molecule has 0 aromatic rings. The fourth-order valence-electron chi connectivity index (χ4n) is 7.50. The number of carbonyl (C=O) groups excluding carboxylic acids is 2. The van der Waals surface area contributed by atoms with Crippen molar-refractivity contribution in [3.05, 3.63) is 0 Å². The molecule has 1 fully saturated rings. The standard InChI is InChI=1S/C45H86O12S.Na/c1-3-5-7-9-11-13-15-17-19-21-23-25-27-29-31-33-40(46)54-35-38(36-55-45-44(50)43(49)42(48)39(57-45)37-58(51,52)53)56-41(47)34-32-30-28-26-24-22-20-18-16-14-12-10-8-6-4-2;/h38-39,42-45,48-50H,3-37H2,1-2H3,(H,51,52,53);/q;+1/p-1. The Morgan fingerprint density at radius 2 is 0.898 bits per heavy atom. The molecule has 0 aromatic carbocycles. The molecule has 14 heteroatoms. The predicted octanol–water partition coefficient (Wildman–Crippen LogP) is 6.34. The van der Waals surface area contributed by atoms with Gasteiger partial charge in [0.1, 0.15) is 31.0 Å². The molecule has 1 aliphatic heterocycles. The van der Waals surface area contributed by atoms with Crippen LogP contribution in [0.2, 0.25) is 0 Å². The average molecular weight is 873 g/mol. The monoisotopic (exact) mass is 873 g/mol. The van der Waals surface area contributed by atoms with Gasteiger partial charge < -0.3 is 38.8 Å². The third-order valence-electron chi connectivity index (χ3n) is 11.2. The SMILES string of the molecule is CCCCCCCCCCCCCCCCCC(=O)OCC(COC1OC(CS(=O)(=O)[O-])C(O)C(O)C1O)OC(=O)CCCCCCCCCCCCCCCCC.[Na+]. The summed E-state index contributed by atoms with van der Waals surface area (Å²) in [5, 5.41) is 30.8. The topological polar surface area (TPSA) is 189 Å². The Kier molecular flexibility index (Phi) is 39.0. The van der Waals surface area contributed by atoms with Crippen molar-refractivity contribution in [2.75, 3.05) is 19.0 Å². The van der Waals surface area contributed by atoms with Gasteiger partial charge in [-0.15, -0.1) is 0 Å². The maximum absolute atomic E-state index is 12.8. The van der Waals surface area contributed by atoms with Crippen LogP contribution in [0.4, 0.5) is 0 Å². The van der Waals surface area contributed by atoms with Gasteiger partial charge in [-0.25, -0.2) is 8.42 Å². The summed E-state index contributed by atoms with van der Waals surface area (Å²) in [7, 11) is -4.85. The van der Waals surface area contributed by atoms with E-state index in [1.54, 1.807) is 0 Å². The van der Waals surface area contributed by atoms with Crippen LogP contribution in [-0.4, -0.2) is 96.0 Å². The van der Waals surface area contributed by atoms with Crippen LogP contribution in [0.1, 0.15) is 219 Å². The molecule has 344 valence electrons. The molecule has 0 amide bonds. The van der Waals surface area contributed by atoms with Crippen molar-refractivity contribution < 1.29 is 86.4 Å². The molecule has 3 N–H and O–H groups in total. The minimum Gasteiger partial charge on any atom is -0.748 e. The summed E-state index contributed by atoms with van der Waals surface area (Å²) < 4.78 is 55.9. The Hall–Kier alpha value is -0.350. The summed E-state index contributed by atoms with van der Waals surface area (Å²) in [5.41, 5.74) is 0. The molecule has 0 saturated carbocycles. The third kappa shape index (κ3) is 33.8. The van der Waals surface area contributed by atoms with E-state index in [0.29, 0.717) is 12.8 Å². The van der Waals surface area contributed by atoms with E-state index in [0.717, 1.165) is 38.5 Å². The zero-order valence-electron chi connectivity index (χ0n) is 37.6. The first kappa shape index (κ1) is 58.6. The van der Waals surface area contributed by atoms with E-state index in [9.17, 15) is 37.9 Å². The minimum atomic E-state index is -4.85. The van der Waals surface area contributed by atoms with Crippen LogP contribution in [-0.2, 0) is 38.7 Å². The van der Waals surface area contributed by atoms with Crippen LogP contribution in [0, 0.1) is 0 Å². The Labute approximate surface area is 381 Å². The van der Waals surface area contributed by atoms with E-state index in [1.165, 1.54) is 141 Å². The molecule has 0 radical (unpaired) electrons. The Morgan fingerprint density at radius 1 is 0.542 bits per heavy atom. The fourth-order valence-corrected chi connectivity index (χ4v) is 8.17. The smallest absolute Gasteiger partial charge is 0.748 e. The van der Waals surface area contributed by atoms with E-state index in [4.69, 9.17) is 18.9 Å². The Balaban J connectivity index is 0.0000336. The largest absolute Gasteiger partial charge is 1.00 e. The normalized spacial score (nSPS) is 19.9. The molecular formula is C45H85NaO12S. The van der Waals surface area contributed by atoms with Gasteiger partial charge in [-0.05, 0) is 12.8 Å². The van der Waals surface area contributed by atoms with E-state index >= 15 is 0 Å². The average Bonchev–Trinajstić information content (AvgIpc) is 3.18. The van der Waals surface area contributed by atoms with Gasteiger partial charge in [0.2, 0.25) is 0 Å². The van der Waals surface area contributed by atoms with E-state index in [2.05, 4.69) is 13.8 Å². The van der Waals surface area contributed by atoms with Crippen LogP contribution in [0.25, 0.3) is 0 Å². The molecule has 0 bridgehead atoms. The van der Waals surface area contributed by atoms with E-state index in [1.807, 2.05) is 0 Å². The summed E-state index contributed by atoms with van der Waals surface area (Å²) in [6, 6.07) is 0. The second-order valence-electron chi connectivity index (χ2n) is 16.8. The van der Waals surface area contributed by atoms with Crippen molar-refractivity contribution >= 4 is 22.1 Å². The van der Waals surface area contributed by atoms with Gasteiger partial charge in [-0.3, -0.25) is 9.59 Å². The summed E-state index contributed by atoms with van der Waals surface area (Å²) in [5.74, 6) is -2.09. The second-order valence-corrected chi connectivity index (χ2v) is 18.2. The first-order valence-corrected chi connectivity index (χ1v) is 25.2. The maximum Gasteiger partial charge on any atom is 1.00 e. The number of unbranched alkanes of at least 4 members (excludes halogenated alkanes) is 28. The second kappa shape index (κ2) is 39.3. The number of ether oxygens (including phenoxy) is 4. The molecule has 6 atom stereocenters. The first-order valence-electron chi connectivity index (χ1n) is 23.6. The number of esters is 2. The van der Waals surface area contributed by atoms with Gasteiger partial charge in [0.15, 0.2) is 12.4 Å². The predicted molar refractivity (Wildman–Crippen MR) is 227 cm³/mol. The van der Waals surface area contributed by atoms with E-state index in [-0.39, 0.29) is 49.0 Å². The molecule has 1 rings (SSSR count). The van der Waals surface area contributed by atoms with Crippen molar-refractivity contribution in [2.24, 2.45) is 0 Å².